The van der Waals surface area contributed by atoms with E-state index in [2.05, 4.69) is 10.4 Å². The highest BCUT2D eigenvalue weighted by Crippen LogP contribution is 2.28. The summed E-state index contributed by atoms with van der Waals surface area (Å²) in [5.41, 5.74) is 1.67. The predicted molar refractivity (Wildman–Crippen MR) is 92.3 cm³/mol. The Balaban J connectivity index is 1.72. The number of likely N-dealkylation sites (tertiary alicyclic amines) is 1. The average molecular weight is 369 g/mol. The Bertz CT molecular complexity index is 768. The minimum atomic E-state index is -2.68. The van der Waals surface area contributed by atoms with Crippen molar-refractivity contribution in [3.8, 4) is 0 Å². The van der Waals surface area contributed by atoms with Crippen LogP contribution in [-0.4, -0.2) is 39.7 Å². The molecule has 1 aliphatic rings. The maximum Gasteiger partial charge on any atom is 0.323 e. The maximum atomic E-state index is 13.2. The van der Waals surface area contributed by atoms with Crippen LogP contribution in [0.5, 0.6) is 0 Å². The van der Waals surface area contributed by atoms with E-state index in [9.17, 15) is 13.6 Å². The molecule has 134 valence electrons. The summed E-state index contributed by atoms with van der Waals surface area (Å²) in [6.45, 7) is 2.31. The Morgan fingerprint density at radius 1 is 1.32 bits per heavy atom. The van der Waals surface area contributed by atoms with Crippen molar-refractivity contribution in [2.75, 3.05) is 18.4 Å². The van der Waals surface area contributed by atoms with Crippen LogP contribution in [0, 0.1) is 6.92 Å². The highest BCUT2D eigenvalue weighted by atomic mass is 35.5. The second-order valence-corrected chi connectivity index (χ2v) is 6.61. The van der Waals surface area contributed by atoms with E-state index < -0.39 is 5.92 Å². The molecule has 0 saturated carbocycles. The SMILES string of the molecule is Cc1cnn(Cc2ccccc2Cl)c1NC(=O)N1CCC(F)(F)CC1. The highest BCUT2D eigenvalue weighted by molar-refractivity contribution is 6.31. The lowest BCUT2D eigenvalue weighted by molar-refractivity contribution is -0.0461. The molecule has 0 bridgehead atoms. The Morgan fingerprint density at radius 3 is 2.68 bits per heavy atom. The van der Waals surface area contributed by atoms with Gasteiger partial charge in [-0.1, -0.05) is 29.8 Å². The Labute approximate surface area is 149 Å². The summed E-state index contributed by atoms with van der Waals surface area (Å²) in [7, 11) is 0. The zero-order chi connectivity index (χ0) is 18.0. The summed E-state index contributed by atoms with van der Waals surface area (Å²) in [5.74, 6) is -2.14. The fourth-order valence-electron chi connectivity index (χ4n) is 2.77. The number of hydrogen-bond donors (Lipinski definition) is 1. The van der Waals surface area contributed by atoms with Crippen LogP contribution in [0.4, 0.5) is 19.4 Å². The van der Waals surface area contributed by atoms with Crippen LogP contribution in [0.2, 0.25) is 5.02 Å². The first kappa shape index (κ1) is 17.7. The molecule has 0 unspecified atom stereocenters. The fraction of sp³-hybridized carbons (Fsp3) is 0.412. The molecule has 25 heavy (non-hydrogen) atoms. The van der Waals surface area contributed by atoms with E-state index in [4.69, 9.17) is 11.6 Å². The van der Waals surface area contributed by atoms with Crippen LogP contribution in [-0.2, 0) is 6.54 Å². The van der Waals surface area contributed by atoms with Crippen molar-refractivity contribution in [1.82, 2.24) is 14.7 Å². The topological polar surface area (TPSA) is 50.2 Å². The first-order valence-corrected chi connectivity index (χ1v) is 8.43. The number of hydrogen-bond acceptors (Lipinski definition) is 2. The number of carbonyl (C=O) groups excluding carboxylic acids is 1. The molecule has 1 saturated heterocycles. The molecular weight excluding hydrogens is 350 g/mol. The number of aryl methyl sites for hydroxylation is 1. The molecule has 1 aliphatic heterocycles. The molecule has 0 atom stereocenters. The number of piperidine rings is 1. The van der Waals surface area contributed by atoms with Gasteiger partial charge in [-0.25, -0.2) is 18.3 Å². The third kappa shape index (κ3) is 4.10. The van der Waals surface area contributed by atoms with Crippen molar-refractivity contribution in [3.63, 3.8) is 0 Å². The van der Waals surface area contributed by atoms with Crippen LogP contribution in [0.25, 0.3) is 0 Å². The Hall–Kier alpha value is -2.15. The smallest absolute Gasteiger partial charge is 0.323 e. The molecule has 2 aromatic rings. The van der Waals surface area contributed by atoms with Gasteiger partial charge in [-0.3, -0.25) is 5.32 Å². The number of alkyl halides is 2. The first-order valence-electron chi connectivity index (χ1n) is 8.05. The van der Waals surface area contributed by atoms with Gasteiger partial charge in [-0.15, -0.1) is 0 Å². The third-order valence-electron chi connectivity index (χ3n) is 4.31. The van der Waals surface area contributed by atoms with Crippen LogP contribution < -0.4 is 5.32 Å². The van der Waals surface area contributed by atoms with Crippen LogP contribution >= 0.6 is 11.6 Å². The molecule has 1 N–H and O–H groups in total. The number of carbonyl (C=O) groups is 1. The number of nitrogens with one attached hydrogen (secondary N) is 1. The first-order chi connectivity index (χ1) is 11.9. The van der Waals surface area contributed by atoms with Gasteiger partial charge in [0.2, 0.25) is 0 Å². The molecule has 8 heteroatoms. The Kier molecular flexibility index (Phi) is 4.94. The summed E-state index contributed by atoms with van der Waals surface area (Å²) in [6.07, 6.45) is 1.04. The van der Waals surface area contributed by atoms with Gasteiger partial charge in [0, 0.05) is 36.5 Å². The van der Waals surface area contributed by atoms with E-state index in [0.29, 0.717) is 17.4 Å². The number of benzene rings is 1. The summed E-state index contributed by atoms with van der Waals surface area (Å²) in [4.78, 5) is 13.8. The van der Waals surface area contributed by atoms with Gasteiger partial charge < -0.3 is 4.90 Å². The van der Waals surface area contributed by atoms with Crippen molar-refractivity contribution in [3.05, 3.63) is 46.6 Å². The lowest BCUT2D eigenvalue weighted by atomic mass is 10.1. The number of urea groups is 1. The molecule has 2 amide bonds. The van der Waals surface area contributed by atoms with Crippen molar-refractivity contribution >= 4 is 23.4 Å². The lowest BCUT2D eigenvalue weighted by Gasteiger charge is -2.31. The largest absolute Gasteiger partial charge is 0.324 e. The maximum absolute atomic E-state index is 13.2. The molecule has 1 aromatic carbocycles. The van der Waals surface area contributed by atoms with Crippen LogP contribution in [0.3, 0.4) is 0 Å². The van der Waals surface area contributed by atoms with Crippen LogP contribution in [0.1, 0.15) is 24.0 Å². The minimum absolute atomic E-state index is 0.0382. The standard InChI is InChI=1S/C17H19ClF2N4O/c1-12-10-21-24(11-13-4-2-3-5-14(13)18)15(12)22-16(25)23-8-6-17(19,20)7-9-23/h2-5,10H,6-9,11H2,1H3,(H,22,25). The summed E-state index contributed by atoms with van der Waals surface area (Å²) >= 11 is 6.18. The second kappa shape index (κ2) is 7.00. The number of aromatic nitrogens is 2. The summed E-state index contributed by atoms with van der Waals surface area (Å²) in [6, 6.07) is 7.01. The van der Waals surface area contributed by atoms with Crippen LogP contribution in [0.15, 0.2) is 30.5 Å². The summed E-state index contributed by atoms with van der Waals surface area (Å²) in [5, 5.41) is 7.69. The molecular formula is C17H19ClF2N4O. The van der Waals surface area contributed by atoms with E-state index in [1.807, 2.05) is 25.1 Å². The zero-order valence-electron chi connectivity index (χ0n) is 13.8. The van der Waals surface area contributed by atoms with E-state index >= 15 is 0 Å². The van der Waals surface area contributed by atoms with Gasteiger partial charge in [0.05, 0.1) is 12.7 Å². The predicted octanol–water partition coefficient (Wildman–Crippen LogP) is 4.16. The quantitative estimate of drug-likeness (QED) is 0.884. The lowest BCUT2D eigenvalue weighted by Crippen LogP contribution is -2.44. The van der Waals surface area contributed by atoms with E-state index in [1.165, 1.54) is 4.90 Å². The Morgan fingerprint density at radius 2 is 2.00 bits per heavy atom. The van der Waals surface area contributed by atoms with Crippen molar-refractivity contribution in [2.45, 2.75) is 32.2 Å². The van der Waals surface area contributed by atoms with Gasteiger partial charge in [-0.05, 0) is 18.6 Å². The van der Waals surface area contributed by atoms with E-state index in [1.54, 1.807) is 16.9 Å². The normalized spacial score (nSPS) is 16.7. The molecule has 1 aromatic heterocycles. The molecule has 2 heterocycles. The van der Waals surface area contributed by atoms with E-state index in [-0.39, 0.29) is 32.0 Å². The average Bonchev–Trinajstić information content (AvgIpc) is 2.90. The van der Waals surface area contributed by atoms with Gasteiger partial charge >= 0.3 is 6.03 Å². The van der Waals surface area contributed by atoms with Crippen molar-refractivity contribution < 1.29 is 13.6 Å². The number of rotatable bonds is 3. The van der Waals surface area contributed by atoms with E-state index in [0.717, 1.165) is 11.1 Å². The zero-order valence-corrected chi connectivity index (χ0v) is 14.6. The minimum Gasteiger partial charge on any atom is -0.324 e. The van der Waals surface area contributed by atoms with Gasteiger partial charge in [-0.2, -0.15) is 5.10 Å². The monoisotopic (exact) mass is 368 g/mol. The second-order valence-electron chi connectivity index (χ2n) is 6.20. The van der Waals surface area contributed by atoms with Gasteiger partial charge in [0.15, 0.2) is 0 Å². The molecule has 5 nitrogen and oxygen atoms in total. The molecule has 0 spiro atoms. The fourth-order valence-corrected chi connectivity index (χ4v) is 2.96. The van der Waals surface area contributed by atoms with Crippen molar-refractivity contribution in [1.29, 1.82) is 0 Å². The molecule has 0 radical (unpaired) electrons. The van der Waals surface area contributed by atoms with Crippen molar-refractivity contribution in [2.24, 2.45) is 0 Å². The molecule has 3 rings (SSSR count). The van der Waals surface area contributed by atoms with Gasteiger partial charge in [0.25, 0.3) is 5.92 Å². The third-order valence-corrected chi connectivity index (χ3v) is 4.68. The van der Waals surface area contributed by atoms with Gasteiger partial charge in [0.1, 0.15) is 5.82 Å². The number of anilines is 1. The molecule has 0 aliphatic carbocycles. The molecule has 1 fully saturated rings. The number of nitrogens with zero attached hydrogens (tertiary/aromatic N) is 3. The highest BCUT2D eigenvalue weighted by Gasteiger charge is 2.35. The number of halogens is 3. The summed E-state index contributed by atoms with van der Waals surface area (Å²) < 4.78 is 28.1. The number of amides is 2.